The van der Waals surface area contributed by atoms with Crippen molar-refractivity contribution in [2.75, 3.05) is 6.61 Å². The highest BCUT2D eigenvalue weighted by molar-refractivity contribution is 5.81. The summed E-state index contributed by atoms with van der Waals surface area (Å²) in [4.78, 5) is 11.0. The number of fused-ring (bicyclic) bond motifs is 5. The lowest BCUT2D eigenvalue weighted by Gasteiger charge is -2.23. The van der Waals surface area contributed by atoms with E-state index in [1.807, 2.05) is 0 Å². The molecule has 3 rings (SSSR count). The van der Waals surface area contributed by atoms with Gasteiger partial charge in [0.15, 0.2) is 0 Å². The Hall–Kier alpha value is -0.790. The standard InChI is InChI=1S/C15H22O2/c1-2-15(16)17-9-8-14-12-6-7-13(14)11-5-3-4-10(11)12/h2,10-14H,1,3-9H2. The van der Waals surface area contributed by atoms with E-state index in [0.717, 1.165) is 36.0 Å². The fourth-order valence-corrected chi connectivity index (χ4v) is 5.06. The lowest BCUT2D eigenvalue weighted by molar-refractivity contribution is -0.138. The number of esters is 1. The van der Waals surface area contributed by atoms with Crippen LogP contribution in [0.25, 0.3) is 0 Å². The number of carbonyl (C=O) groups is 1. The number of hydrogen-bond donors (Lipinski definition) is 0. The predicted octanol–water partition coefficient (Wildman–Crippen LogP) is 3.18. The van der Waals surface area contributed by atoms with Crippen LogP contribution in [-0.2, 0) is 9.53 Å². The Morgan fingerprint density at radius 1 is 1.12 bits per heavy atom. The fourth-order valence-electron chi connectivity index (χ4n) is 5.06. The second kappa shape index (κ2) is 4.47. The van der Waals surface area contributed by atoms with E-state index >= 15 is 0 Å². The summed E-state index contributed by atoms with van der Waals surface area (Å²) in [7, 11) is 0. The predicted molar refractivity (Wildman–Crippen MR) is 66.3 cm³/mol. The summed E-state index contributed by atoms with van der Waals surface area (Å²) in [5.74, 6) is 4.53. The van der Waals surface area contributed by atoms with Gasteiger partial charge >= 0.3 is 5.97 Å². The molecule has 0 aromatic carbocycles. The summed E-state index contributed by atoms with van der Waals surface area (Å²) in [5.41, 5.74) is 0. The Balaban J connectivity index is 1.55. The Kier molecular flexibility index (Phi) is 2.97. The molecule has 3 aliphatic rings. The Bertz CT molecular complexity index is 305. The lowest BCUT2D eigenvalue weighted by Crippen LogP contribution is -2.15. The number of hydrogen-bond acceptors (Lipinski definition) is 2. The van der Waals surface area contributed by atoms with Gasteiger partial charge in [-0.2, -0.15) is 0 Å². The fraction of sp³-hybridized carbons (Fsp3) is 0.800. The monoisotopic (exact) mass is 234 g/mol. The van der Waals surface area contributed by atoms with Gasteiger partial charge in [0, 0.05) is 6.08 Å². The first kappa shape index (κ1) is 11.3. The van der Waals surface area contributed by atoms with Crippen LogP contribution in [0.2, 0.25) is 0 Å². The van der Waals surface area contributed by atoms with Crippen molar-refractivity contribution in [2.24, 2.45) is 29.6 Å². The molecule has 2 heteroatoms. The van der Waals surface area contributed by atoms with Crippen LogP contribution in [0.3, 0.4) is 0 Å². The Labute approximate surface area is 103 Å². The first-order valence-electron chi connectivity index (χ1n) is 7.10. The largest absolute Gasteiger partial charge is 0.463 e. The van der Waals surface area contributed by atoms with E-state index in [0.29, 0.717) is 6.61 Å². The van der Waals surface area contributed by atoms with Crippen LogP contribution in [0.1, 0.15) is 38.5 Å². The molecule has 0 radical (unpaired) electrons. The normalized spacial score (nSPS) is 42.5. The van der Waals surface area contributed by atoms with Gasteiger partial charge in [-0.1, -0.05) is 13.0 Å². The first-order chi connectivity index (χ1) is 8.31. The smallest absolute Gasteiger partial charge is 0.330 e. The van der Waals surface area contributed by atoms with Gasteiger partial charge < -0.3 is 4.74 Å². The van der Waals surface area contributed by atoms with E-state index in [2.05, 4.69) is 6.58 Å². The third-order valence-electron chi connectivity index (χ3n) is 5.52. The van der Waals surface area contributed by atoms with E-state index in [-0.39, 0.29) is 5.97 Å². The van der Waals surface area contributed by atoms with E-state index in [9.17, 15) is 4.79 Å². The van der Waals surface area contributed by atoms with Gasteiger partial charge in [-0.15, -0.1) is 0 Å². The second-order valence-electron chi connectivity index (χ2n) is 5.99. The van der Waals surface area contributed by atoms with Crippen LogP contribution in [0.15, 0.2) is 12.7 Å². The molecule has 0 N–H and O–H groups in total. The minimum absolute atomic E-state index is 0.268. The van der Waals surface area contributed by atoms with Crippen molar-refractivity contribution in [2.45, 2.75) is 38.5 Å². The average molecular weight is 234 g/mol. The molecule has 4 unspecified atom stereocenters. The first-order valence-corrected chi connectivity index (χ1v) is 7.10. The van der Waals surface area contributed by atoms with Crippen molar-refractivity contribution in [1.82, 2.24) is 0 Å². The highest BCUT2D eigenvalue weighted by Gasteiger charge is 2.54. The SMILES string of the molecule is C=CC(=O)OCCC1C2CCC1C1CCCC12. The summed E-state index contributed by atoms with van der Waals surface area (Å²) in [5, 5.41) is 0. The number of carbonyl (C=O) groups excluding carboxylic acids is 1. The zero-order valence-electron chi connectivity index (χ0n) is 10.4. The van der Waals surface area contributed by atoms with E-state index in [4.69, 9.17) is 4.74 Å². The van der Waals surface area contributed by atoms with Crippen LogP contribution < -0.4 is 0 Å². The molecule has 0 aliphatic heterocycles. The number of ether oxygens (including phenoxy) is 1. The van der Waals surface area contributed by atoms with Crippen LogP contribution in [0.4, 0.5) is 0 Å². The van der Waals surface area contributed by atoms with E-state index in [1.165, 1.54) is 38.2 Å². The van der Waals surface area contributed by atoms with E-state index in [1.54, 1.807) is 0 Å². The highest BCUT2D eigenvalue weighted by Crippen LogP contribution is 2.62. The van der Waals surface area contributed by atoms with Crippen LogP contribution in [-0.4, -0.2) is 12.6 Å². The molecule has 0 heterocycles. The maximum absolute atomic E-state index is 11.0. The van der Waals surface area contributed by atoms with Crippen molar-refractivity contribution in [3.05, 3.63) is 12.7 Å². The van der Waals surface area contributed by atoms with Crippen molar-refractivity contribution in [3.63, 3.8) is 0 Å². The molecule has 3 saturated carbocycles. The van der Waals surface area contributed by atoms with Gasteiger partial charge in [-0.05, 0) is 61.7 Å². The Morgan fingerprint density at radius 3 is 2.35 bits per heavy atom. The summed E-state index contributed by atoms with van der Waals surface area (Å²) in [6.07, 6.45) is 9.61. The average Bonchev–Trinajstić information content (AvgIpc) is 2.99. The number of rotatable bonds is 4. The second-order valence-corrected chi connectivity index (χ2v) is 5.99. The molecular formula is C15H22O2. The zero-order valence-corrected chi connectivity index (χ0v) is 10.4. The van der Waals surface area contributed by atoms with Crippen molar-refractivity contribution in [1.29, 1.82) is 0 Å². The molecule has 2 bridgehead atoms. The molecule has 0 aromatic rings. The molecule has 3 fully saturated rings. The lowest BCUT2D eigenvalue weighted by atomic mass is 9.82. The summed E-state index contributed by atoms with van der Waals surface area (Å²) < 4.78 is 5.14. The molecule has 0 saturated heterocycles. The highest BCUT2D eigenvalue weighted by atomic mass is 16.5. The molecule has 0 amide bonds. The van der Waals surface area contributed by atoms with Gasteiger partial charge in [-0.3, -0.25) is 0 Å². The van der Waals surface area contributed by atoms with E-state index < -0.39 is 0 Å². The van der Waals surface area contributed by atoms with Gasteiger partial charge in [0.2, 0.25) is 0 Å². The van der Waals surface area contributed by atoms with Crippen molar-refractivity contribution < 1.29 is 9.53 Å². The van der Waals surface area contributed by atoms with Crippen LogP contribution in [0, 0.1) is 29.6 Å². The maximum atomic E-state index is 11.0. The Morgan fingerprint density at radius 2 is 1.76 bits per heavy atom. The minimum Gasteiger partial charge on any atom is -0.463 e. The molecule has 94 valence electrons. The zero-order chi connectivity index (χ0) is 11.8. The molecule has 0 spiro atoms. The third-order valence-corrected chi connectivity index (χ3v) is 5.52. The maximum Gasteiger partial charge on any atom is 0.330 e. The quantitative estimate of drug-likeness (QED) is 0.551. The molecule has 4 atom stereocenters. The molecular weight excluding hydrogens is 212 g/mol. The molecule has 3 aliphatic carbocycles. The van der Waals surface area contributed by atoms with Gasteiger partial charge in [-0.25, -0.2) is 4.79 Å². The van der Waals surface area contributed by atoms with Gasteiger partial charge in [0.05, 0.1) is 6.61 Å². The summed E-state index contributed by atoms with van der Waals surface area (Å²) >= 11 is 0. The van der Waals surface area contributed by atoms with Crippen molar-refractivity contribution in [3.8, 4) is 0 Å². The summed E-state index contributed by atoms with van der Waals surface area (Å²) in [6, 6.07) is 0. The molecule has 17 heavy (non-hydrogen) atoms. The third kappa shape index (κ3) is 1.82. The topological polar surface area (TPSA) is 26.3 Å². The van der Waals surface area contributed by atoms with Crippen LogP contribution in [0.5, 0.6) is 0 Å². The van der Waals surface area contributed by atoms with Gasteiger partial charge in [0.1, 0.15) is 0 Å². The van der Waals surface area contributed by atoms with Crippen molar-refractivity contribution >= 4 is 5.97 Å². The molecule has 0 aromatic heterocycles. The summed E-state index contributed by atoms with van der Waals surface area (Å²) in [6.45, 7) is 4.02. The molecule has 2 nitrogen and oxygen atoms in total. The van der Waals surface area contributed by atoms with Gasteiger partial charge in [0.25, 0.3) is 0 Å². The van der Waals surface area contributed by atoms with Crippen LogP contribution >= 0.6 is 0 Å². The minimum atomic E-state index is -0.268.